The fourth-order valence-electron chi connectivity index (χ4n) is 3.09. The summed E-state index contributed by atoms with van der Waals surface area (Å²) in [6.45, 7) is 0.176. The molecule has 136 valence electrons. The highest BCUT2D eigenvalue weighted by Crippen LogP contribution is 2.30. The molecule has 2 aromatic heterocycles. The van der Waals surface area contributed by atoms with E-state index in [1.807, 2.05) is 55.4 Å². The number of hydrogen-bond acceptors (Lipinski definition) is 4. The number of hydrogen-bond donors (Lipinski definition) is 2. The molecule has 0 spiro atoms. The Balaban J connectivity index is 1.79. The van der Waals surface area contributed by atoms with Crippen molar-refractivity contribution in [1.29, 1.82) is 0 Å². The van der Waals surface area contributed by atoms with Crippen molar-refractivity contribution in [2.24, 2.45) is 5.73 Å². The van der Waals surface area contributed by atoms with E-state index in [2.05, 4.69) is 15.0 Å². The minimum absolute atomic E-state index is 0.176. The standard InChI is InChI=1S/C21H20FN5/c1-27(2)16-7-5-13(6-8-16)20-25-19-17(9-10-24-21(19)26-20)14-3-4-15(12-23)18(22)11-14/h3-11H,12,23H2,1-2H3,(H,24,25,26). The zero-order valence-electron chi connectivity index (χ0n) is 15.2. The molecule has 4 aromatic rings. The molecule has 0 radical (unpaired) electrons. The normalized spacial score (nSPS) is 11.1. The van der Waals surface area contributed by atoms with Gasteiger partial charge in [-0.1, -0.05) is 12.1 Å². The number of imidazole rings is 1. The average molecular weight is 361 g/mol. The van der Waals surface area contributed by atoms with Gasteiger partial charge in [0.2, 0.25) is 0 Å². The first-order valence-corrected chi connectivity index (χ1v) is 8.68. The first-order valence-electron chi connectivity index (χ1n) is 8.68. The number of benzene rings is 2. The largest absolute Gasteiger partial charge is 0.378 e. The Morgan fingerprint density at radius 1 is 1.04 bits per heavy atom. The predicted molar refractivity (Wildman–Crippen MR) is 107 cm³/mol. The first kappa shape index (κ1) is 17.2. The van der Waals surface area contributed by atoms with E-state index >= 15 is 0 Å². The molecular weight excluding hydrogens is 341 g/mol. The topological polar surface area (TPSA) is 70.8 Å². The van der Waals surface area contributed by atoms with Crippen LogP contribution in [-0.4, -0.2) is 29.0 Å². The van der Waals surface area contributed by atoms with Crippen molar-refractivity contribution >= 4 is 16.9 Å². The molecule has 4 rings (SSSR count). The lowest BCUT2D eigenvalue weighted by Gasteiger charge is -2.12. The Labute approximate surface area is 156 Å². The van der Waals surface area contributed by atoms with E-state index in [-0.39, 0.29) is 12.4 Å². The van der Waals surface area contributed by atoms with Crippen LogP contribution in [0.15, 0.2) is 54.7 Å². The summed E-state index contributed by atoms with van der Waals surface area (Å²) in [6.07, 6.45) is 1.69. The van der Waals surface area contributed by atoms with Crippen molar-refractivity contribution in [3.63, 3.8) is 0 Å². The number of nitrogens with zero attached hydrogens (tertiary/aromatic N) is 3. The van der Waals surface area contributed by atoms with Gasteiger partial charge in [-0.05, 0) is 42.0 Å². The maximum Gasteiger partial charge on any atom is 0.178 e. The van der Waals surface area contributed by atoms with Crippen LogP contribution in [0.5, 0.6) is 0 Å². The lowest BCUT2D eigenvalue weighted by molar-refractivity contribution is 0.611. The van der Waals surface area contributed by atoms with Gasteiger partial charge in [0.15, 0.2) is 5.65 Å². The van der Waals surface area contributed by atoms with Gasteiger partial charge in [0.05, 0.1) is 5.52 Å². The van der Waals surface area contributed by atoms with Crippen molar-refractivity contribution in [2.45, 2.75) is 6.54 Å². The van der Waals surface area contributed by atoms with Gasteiger partial charge in [-0.3, -0.25) is 0 Å². The number of rotatable bonds is 4. The second kappa shape index (κ2) is 6.81. The third-order valence-electron chi connectivity index (χ3n) is 4.63. The van der Waals surface area contributed by atoms with Crippen LogP contribution < -0.4 is 10.6 Å². The number of pyridine rings is 1. The number of nitrogens with two attached hydrogens (primary N) is 1. The molecule has 6 heteroatoms. The molecule has 27 heavy (non-hydrogen) atoms. The number of aromatic nitrogens is 3. The molecule has 0 fully saturated rings. The highest BCUT2D eigenvalue weighted by Gasteiger charge is 2.13. The molecule has 0 aliphatic heterocycles. The van der Waals surface area contributed by atoms with Gasteiger partial charge >= 0.3 is 0 Å². The van der Waals surface area contributed by atoms with Gasteiger partial charge in [0.25, 0.3) is 0 Å². The van der Waals surface area contributed by atoms with Gasteiger partial charge < -0.3 is 15.6 Å². The molecule has 3 N–H and O–H groups in total. The van der Waals surface area contributed by atoms with Crippen LogP contribution in [0.3, 0.4) is 0 Å². The number of aromatic amines is 1. The molecule has 5 nitrogen and oxygen atoms in total. The molecule has 0 aliphatic carbocycles. The SMILES string of the molecule is CN(C)c1ccc(-c2nc3nccc(-c4ccc(CN)c(F)c4)c3[nH]2)cc1. The summed E-state index contributed by atoms with van der Waals surface area (Å²) in [4.78, 5) is 14.3. The van der Waals surface area contributed by atoms with E-state index in [0.717, 1.165) is 33.7 Å². The van der Waals surface area contributed by atoms with E-state index in [1.165, 1.54) is 6.07 Å². The summed E-state index contributed by atoms with van der Waals surface area (Å²) in [5.41, 5.74) is 11.1. The third-order valence-corrected chi connectivity index (χ3v) is 4.63. The van der Waals surface area contributed by atoms with Crippen LogP contribution in [-0.2, 0) is 6.54 Å². The Morgan fingerprint density at radius 2 is 1.78 bits per heavy atom. The zero-order chi connectivity index (χ0) is 19.0. The summed E-state index contributed by atoms with van der Waals surface area (Å²) >= 11 is 0. The zero-order valence-corrected chi connectivity index (χ0v) is 15.2. The first-order chi connectivity index (χ1) is 13.1. The second-order valence-corrected chi connectivity index (χ2v) is 6.59. The molecule has 2 aromatic carbocycles. The van der Waals surface area contributed by atoms with E-state index in [1.54, 1.807) is 12.3 Å². The quantitative estimate of drug-likeness (QED) is 0.577. The number of nitrogens with one attached hydrogen (secondary N) is 1. The van der Waals surface area contributed by atoms with Crippen LogP contribution in [0.4, 0.5) is 10.1 Å². The van der Waals surface area contributed by atoms with Crippen molar-refractivity contribution < 1.29 is 4.39 Å². The average Bonchev–Trinajstić information content (AvgIpc) is 3.12. The molecule has 0 bridgehead atoms. The van der Waals surface area contributed by atoms with E-state index < -0.39 is 0 Å². The summed E-state index contributed by atoms with van der Waals surface area (Å²) in [6, 6.07) is 15.1. The van der Waals surface area contributed by atoms with Crippen LogP contribution in [0.1, 0.15) is 5.56 Å². The highest BCUT2D eigenvalue weighted by atomic mass is 19.1. The Bertz CT molecular complexity index is 1100. The number of anilines is 1. The van der Waals surface area contributed by atoms with Crippen molar-refractivity contribution in [2.75, 3.05) is 19.0 Å². The molecular formula is C21H20FN5. The fourth-order valence-corrected chi connectivity index (χ4v) is 3.09. The Hall–Kier alpha value is -3.25. The maximum atomic E-state index is 14.2. The maximum absolute atomic E-state index is 14.2. The minimum atomic E-state index is -0.307. The monoisotopic (exact) mass is 361 g/mol. The molecule has 0 atom stereocenters. The van der Waals surface area contributed by atoms with Crippen LogP contribution in [0, 0.1) is 5.82 Å². The molecule has 0 saturated carbocycles. The van der Waals surface area contributed by atoms with E-state index in [0.29, 0.717) is 11.2 Å². The summed E-state index contributed by atoms with van der Waals surface area (Å²) in [5.74, 6) is 0.424. The third kappa shape index (κ3) is 3.15. The second-order valence-electron chi connectivity index (χ2n) is 6.59. The lowest BCUT2D eigenvalue weighted by atomic mass is 10.0. The van der Waals surface area contributed by atoms with E-state index in [4.69, 9.17) is 5.73 Å². The van der Waals surface area contributed by atoms with Gasteiger partial charge in [-0.15, -0.1) is 0 Å². The summed E-state index contributed by atoms with van der Waals surface area (Å²) in [5, 5.41) is 0. The Morgan fingerprint density at radius 3 is 2.44 bits per heavy atom. The van der Waals surface area contributed by atoms with Gasteiger partial charge in [-0.2, -0.15) is 0 Å². The van der Waals surface area contributed by atoms with Gasteiger partial charge in [-0.25, -0.2) is 14.4 Å². The number of H-pyrrole nitrogens is 1. The van der Waals surface area contributed by atoms with Crippen molar-refractivity contribution in [3.05, 3.63) is 66.1 Å². The predicted octanol–water partition coefficient (Wildman–Crippen LogP) is 3.96. The minimum Gasteiger partial charge on any atom is -0.378 e. The van der Waals surface area contributed by atoms with Crippen LogP contribution in [0.2, 0.25) is 0 Å². The van der Waals surface area contributed by atoms with Gasteiger partial charge in [0, 0.05) is 49.2 Å². The Kier molecular flexibility index (Phi) is 4.33. The van der Waals surface area contributed by atoms with Crippen molar-refractivity contribution in [3.8, 4) is 22.5 Å². The van der Waals surface area contributed by atoms with Crippen LogP contribution >= 0.6 is 0 Å². The smallest absolute Gasteiger partial charge is 0.178 e. The summed E-state index contributed by atoms with van der Waals surface area (Å²) in [7, 11) is 4.00. The highest BCUT2D eigenvalue weighted by molar-refractivity contribution is 5.91. The molecule has 0 amide bonds. The van der Waals surface area contributed by atoms with Gasteiger partial charge in [0.1, 0.15) is 11.6 Å². The summed E-state index contributed by atoms with van der Waals surface area (Å²) < 4.78 is 14.2. The molecule has 2 heterocycles. The molecule has 0 unspecified atom stereocenters. The molecule has 0 aliphatic rings. The fraction of sp³-hybridized carbons (Fsp3) is 0.143. The number of halogens is 1. The van der Waals surface area contributed by atoms with Crippen molar-refractivity contribution in [1.82, 2.24) is 15.0 Å². The van der Waals surface area contributed by atoms with Crippen LogP contribution in [0.25, 0.3) is 33.7 Å². The van der Waals surface area contributed by atoms with E-state index in [9.17, 15) is 4.39 Å². The lowest BCUT2D eigenvalue weighted by Crippen LogP contribution is -2.07. The number of fused-ring (bicyclic) bond motifs is 1. The molecule has 0 saturated heterocycles.